The van der Waals surface area contributed by atoms with Gasteiger partial charge in [0.1, 0.15) is 6.04 Å². The number of carboxylic acid groups (broad SMARTS) is 1. The van der Waals surface area contributed by atoms with Crippen LogP contribution < -0.4 is 28.3 Å². The zero-order valence-corrected chi connectivity index (χ0v) is 18.9. The molecule has 182 valence electrons. The van der Waals surface area contributed by atoms with Gasteiger partial charge in [0, 0.05) is 11.6 Å². The summed E-state index contributed by atoms with van der Waals surface area (Å²) < 4.78 is 1.51. The second-order valence-electron chi connectivity index (χ2n) is 8.27. The van der Waals surface area contributed by atoms with Gasteiger partial charge in [0.2, 0.25) is 11.8 Å². The molecule has 10 nitrogen and oxygen atoms in total. The summed E-state index contributed by atoms with van der Waals surface area (Å²) in [6.45, 7) is 1.01. The van der Waals surface area contributed by atoms with E-state index in [-0.39, 0.29) is 18.7 Å². The van der Waals surface area contributed by atoms with Crippen LogP contribution in [0.15, 0.2) is 30.5 Å². The molecule has 0 radical (unpaired) electrons. The number of benzene rings is 1. The number of fused-ring (bicyclic) bond motifs is 1. The van der Waals surface area contributed by atoms with Gasteiger partial charge in [-0.2, -0.15) is 0 Å². The molecule has 0 unspecified atom stereocenters. The van der Waals surface area contributed by atoms with Crippen molar-refractivity contribution in [3.05, 3.63) is 36.0 Å². The van der Waals surface area contributed by atoms with Crippen molar-refractivity contribution < 1.29 is 19.5 Å². The summed E-state index contributed by atoms with van der Waals surface area (Å²) in [5, 5.41) is 12.7. The Morgan fingerprint density at radius 2 is 1.58 bits per heavy atom. The van der Waals surface area contributed by atoms with Crippen molar-refractivity contribution in [1.29, 1.82) is 0 Å². The average molecular weight is 461 g/mol. The summed E-state index contributed by atoms with van der Waals surface area (Å²) in [4.78, 5) is 37.0. The Morgan fingerprint density at radius 3 is 2.21 bits per heavy atom. The van der Waals surface area contributed by atoms with E-state index in [2.05, 4.69) is 5.32 Å². The summed E-state index contributed by atoms with van der Waals surface area (Å²) in [7, 11) is 0. The smallest absolute Gasteiger partial charge is 0.326 e. The second kappa shape index (κ2) is 13.0. The van der Waals surface area contributed by atoms with E-state index in [4.69, 9.17) is 22.9 Å². The molecule has 1 aromatic heterocycles. The van der Waals surface area contributed by atoms with Crippen LogP contribution in [0.2, 0.25) is 0 Å². The number of hydrogen-bond donors (Lipinski definition) is 6. The molecule has 10 heteroatoms. The van der Waals surface area contributed by atoms with E-state index in [1.807, 2.05) is 24.3 Å². The van der Waals surface area contributed by atoms with Crippen LogP contribution in [-0.4, -0.2) is 58.7 Å². The first kappa shape index (κ1) is 26.5. The highest BCUT2D eigenvalue weighted by Gasteiger charge is 2.25. The molecule has 0 aliphatic carbocycles. The van der Waals surface area contributed by atoms with Gasteiger partial charge in [-0.05, 0) is 63.2 Å². The quantitative estimate of drug-likeness (QED) is 0.217. The lowest BCUT2D eigenvalue weighted by atomic mass is 10.0. The van der Waals surface area contributed by atoms with E-state index in [1.165, 1.54) is 4.57 Å². The fourth-order valence-electron chi connectivity index (χ4n) is 3.76. The predicted molar refractivity (Wildman–Crippen MR) is 128 cm³/mol. The van der Waals surface area contributed by atoms with Gasteiger partial charge in [0.05, 0.1) is 17.6 Å². The zero-order chi connectivity index (χ0) is 24.4. The maximum Gasteiger partial charge on any atom is 0.326 e. The van der Waals surface area contributed by atoms with Crippen molar-refractivity contribution in [2.24, 2.45) is 22.9 Å². The SMILES string of the molecule is NCCCC[C@H](NC(=O)[C@@H](N)Cc1cn(C(=O)[C@@H](N)CCCCN)c2ccccc12)C(=O)O. The monoisotopic (exact) mass is 460 g/mol. The standard InChI is InChI=1S/C23H36N6O4/c24-11-5-3-8-17(26)22(31)29-14-15(16-7-1-2-10-20(16)29)13-18(27)21(30)28-19(23(32)33)9-4-6-12-25/h1-2,7,10,14,17-19H,3-6,8-9,11-13,24-27H2,(H,28,30)(H,32,33)/t17-,18-,19-/m0/s1. The number of aliphatic carboxylic acids is 1. The lowest BCUT2D eigenvalue weighted by Gasteiger charge is -2.17. The van der Waals surface area contributed by atoms with E-state index in [0.29, 0.717) is 43.4 Å². The van der Waals surface area contributed by atoms with Crippen LogP contribution in [0.25, 0.3) is 10.9 Å². The van der Waals surface area contributed by atoms with E-state index in [9.17, 15) is 19.5 Å². The number of carbonyl (C=O) groups excluding carboxylic acids is 2. The van der Waals surface area contributed by atoms with Crippen molar-refractivity contribution in [2.75, 3.05) is 13.1 Å². The van der Waals surface area contributed by atoms with Gasteiger partial charge in [0.25, 0.3) is 0 Å². The highest BCUT2D eigenvalue weighted by atomic mass is 16.4. The molecule has 2 rings (SSSR count). The van der Waals surface area contributed by atoms with Crippen molar-refractivity contribution >= 4 is 28.7 Å². The van der Waals surface area contributed by atoms with Crippen LogP contribution in [0.5, 0.6) is 0 Å². The molecule has 0 saturated heterocycles. The van der Waals surface area contributed by atoms with E-state index in [1.54, 1.807) is 6.20 Å². The molecule has 3 atom stereocenters. The average Bonchev–Trinajstić information content (AvgIpc) is 3.16. The van der Waals surface area contributed by atoms with Crippen molar-refractivity contribution in [3.63, 3.8) is 0 Å². The number of nitrogens with one attached hydrogen (secondary N) is 1. The molecule has 2 aromatic rings. The van der Waals surface area contributed by atoms with Crippen LogP contribution >= 0.6 is 0 Å². The first-order chi connectivity index (χ1) is 15.8. The Kier molecular flexibility index (Phi) is 10.5. The molecule has 1 heterocycles. The first-order valence-electron chi connectivity index (χ1n) is 11.4. The highest BCUT2D eigenvalue weighted by Crippen LogP contribution is 2.23. The number of para-hydroxylation sites is 1. The third-order valence-electron chi connectivity index (χ3n) is 5.66. The number of rotatable bonds is 14. The van der Waals surface area contributed by atoms with Crippen molar-refractivity contribution in [1.82, 2.24) is 9.88 Å². The minimum atomic E-state index is -1.11. The minimum absolute atomic E-state index is 0.143. The number of amides is 1. The fourth-order valence-corrected chi connectivity index (χ4v) is 3.76. The Balaban J connectivity index is 2.15. The van der Waals surface area contributed by atoms with Gasteiger partial charge in [-0.3, -0.25) is 14.2 Å². The highest BCUT2D eigenvalue weighted by molar-refractivity contribution is 5.97. The molecule has 0 bridgehead atoms. The molecule has 33 heavy (non-hydrogen) atoms. The first-order valence-corrected chi connectivity index (χ1v) is 11.4. The zero-order valence-electron chi connectivity index (χ0n) is 18.9. The number of nitrogens with two attached hydrogens (primary N) is 4. The van der Waals surface area contributed by atoms with Crippen molar-refractivity contribution in [3.8, 4) is 0 Å². The summed E-state index contributed by atoms with van der Waals surface area (Å²) in [5.74, 6) is -1.91. The number of carboxylic acids is 1. The van der Waals surface area contributed by atoms with E-state index in [0.717, 1.165) is 18.2 Å². The molecule has 0 fully saturated rings. The van der Waals surface area contributed by atoms with Crippen LogP contribution in [0, 0.1) is 0 Å². The number of aromatic nitrogens is 1. The predicted octanol–water partition coefficient (Wildman–Crippen LogP) is 0.306. The molecule has 1 aromatic carbocycles. The Labute approximate surface area is 193 Å². The Bertz CT molecular complexity index is 944. The minimum Gasteiger partial charge on any atom is -0.480 e. The van der Waals surface area contributed by atoms with Crippen LogP contribution in [0.4, 0.5) is 0 Å². The maximum absolute atomic E-state index is 13.0. The van der Waals surface area contributed by atoms with Gasteiger partial charge >= 0.3 is 5.97 Å². The molecule has 0 saturated carbocycles. The van der Waals surface area contributed by atoms with Crippen LogP contribution in [0.1, 0.15) is 48.9 Å². The Morgan fingerprint density at radius 1 is 0.939 bits per heavy atom. The summed E-state index contributed by atoms with van der Waals surface area (Å²) in [5.41, 5.74) is 24.6. The van der Waals surface area contributed by atoms with Gasteiger partial charge in [-0.1, -0.05) is 24.6 Å². The van der Waals surface area contributed by atoms with Crippen LogP contribution in [0.3, 0.4) is 0 Å². The van der Waals surface area contributed by atoms with E-state index < -0.39 is 30.0 Å². The molecular formula is C23H36N6O4. The number of nitrogens with zero attached hydrogens (tertiary/aromatic N) is 1. The largest absolute Gasteiger partial charge is 0.480 e. The topological polar surface area (TPSA) is 192 Å². The summed E-state index contributed by atoms with van der Waals surface area (Å²) in [6, 6.07) is 4.66. The summed E-state index contributed by atoms with van der Waals surface area (Å²) >= 11 is 0. The molecule has 0 aliphatic rings. The molecular weight excluding hydrogens is 424 g/mol. The maximum atomic E-state index is 13.0. The van der Waals surface area contributed by atoms with Crippen molar-refractivity contribution in [2.45, 2.75) is 63.1 Å². The fraction of sp³-hybridized carbons (Fsp3) is 0.522. The lowest BCUT2D eigenvalue weighted by Crippen LogP contribution is -2.49. The molecule has 0 aliphatic heterocycles. The summed E-state index contributed by atoms with van der Waals surface area (Å²) in [6.07, 6.45) is 5.44. The van der Waals surface area contributed by atoms with Gasteiger partial charge in [-0.15, -0.1) is 0 Å². The molecule has 1 amide bonds. The number of hydrogen-bond acceptors (Lipinski definition) is 7. The van der Waals surface area contributed by atoms with Gasteiger partial charge in [0.15, 0.2) is 0 Å². The molecule has 10 N–H and O–H groups in total. The molecule has 0 spiro atoms. The number of unbranched alkanes of at least 4 members (excludes halogenated alkanes) is 2. The third kappa shape index (κ3) is 7.36. The van der Waals surface area contributed by atoms with Gasteiger partial charge in [-0.25, -0.2) is 4.79 Å². The third-order valence-corrected chi connectivity index (χ3v) is 5.66. The Hall–Kier alpha value is -2.79. The van der Waals surface area contributed by atoms with E-state index >= 15 is 0 Å². The second-order valence-corrected chi connectivity index (χ2v) is 8.27. The van der Waals surface area contributed by atoms with Crippen LogP contribution in [-0.2, 0) is 16.0 Å². The van der Waals surface area contributed by atoms with Gasteiger partial charge < -0.3 is 33.4 Å². The lowest BCUT2D eigenvalue weighted by molar-refractivity contribution is -0.142. The number of carbonyl (C=O) groups is 3. The normalized spacial score (nSPS) is 14.1.